The molecule has 0 aliphatic rings. The van der Waals surface area contributed by atoms with Gasteiger partial charge in [0.15, 0.2) is 0 Å². The summed E-state index contributed by atoms with van der Waals surface area (Å²) in [5.41, 5.74) is 0.253. The van der Waals surface area contributed by atoms with Gasteiger partial charge in [-0.25, -0.2) is 0 Å². The second-order valence-electron chi connectivity index (χ2n) is 3.51. The van der Waals surface area contributed by atoms with Crippen LogP contribution in [0.1, 0.15) is 33.6 Å². The average molecular weight is 140 g/mol. The van der Waals surface area contributed by atoms with Crippen molar-refractivity contribution in [2.24, 2.45) is 5.41 Å². The third kappa shape index (κ3) is 7.41. The van der Waals surface area contributed by atoms with Crippen LogP contribution in [0, 0.1) is 5.41 Å². The Labute approximate surface area is 63.1 Å². The first-order valence-corrected chi connectivity index (χ1v) is 3.67. The second-order valence-corrected chi connectivity index (χ2v) is 3.51. The molecular weight excluding hydrogens is 124 g/mol. The molecule has 0 rings (SSSR count). The summed E-state index contributed by atoms with van der Waals surface area (Å²) in [7, 11) is 0. The molecule has 0 N–H and O–H groups in total. The molecule has 1 nitrogen and oxygen atoms in total. The summed E-state index contributed by atoms with van der Waals surface area (Å²) in [4.78, 5) is 9.90. The Kier molecular flexibility index (Phi) is 4.01. The van der Waals surface area contributed by atoms with Crippen molar-refractivity contribution in [2.75, 3.05) is 0 Å². The Balaban J connectivity index is 3.46. The van der Waals surface area contributed by atoms with E-state index in [1.165, 1.54) is 0 Å². The maximum atomic E-state index is 9.90. The predicted molar refractivity (Wildman–Crippen MR) is 43.9 cm³/mol. The fraction of sp³-hybridized carbons (Fsp3) is 0.667. The number of aldehydes is 1. The first kappa shape index (κ1) is 9.41. The van der Waals surface area contributed by atoms with Crippen molar-refractivity contribution in [3.63, 3.8) is 0 Å². The zero-order chi connectivity index (χ0) is 8.04. The summed E-state index contributed by atoms with van der Waals surface area (Å²) < 4.78 is 0. The van der Waals surface area contributed by atoms with Crippen LogP contribution in [0.5, 0.6) is 0 Å². The van der Waals surface area contributed by atoms with Gasteiger partial charge in [-0.1, -0.05) is 32.9 Å². The van der Waals surface area contributed by atoms with E-state index in [9.17, 15) is 4.79 Å². The van der Waals surface area contributed by atoms with Gasteiger partial charge < -0.3 is 4.79 Å². The lowest BCUT2D eigenvalue weighted by Gasteiger charge is -2.10. The highest BCUT2D eigenvalue weighted by Crippen LogP contribution is 2.14. The number of unbranched alkanes of at least 4 members (excludes halogenated alkanes) is 1. The van der Waals surface area contributed by atoms with Crippen LogP contribution < -0.4 is 0 Å². The smallest absolute Gasteiger partial charge is 0.120 e. The number of carbonyl (C=O) groups excluding carboxylic acids is 1. The Morgan fingerprint density at radius 2 is 1.80 bits per heavy atom. The van der Waals surface area contributed by atoms with E-state index in [0.717, 1.165) is 12.7 Å². The molecule has 0 saturated carbocycles. The van der Waals surface area contributed by atoms with Gasteiger partial charge in [0, 0.05) is 6.42 Å². The fourth-order valence-electron chi connectivity index (χ4n) is 0.601. The molecule has 0 aromatic heterocycles. The van der Waals surface area contributed by atoms with E-state index >= 15 is 0 Å². The highest BCUT2D eigenvalue weighted by molar-refractivity contribution is 5.49. The van der Waals surface area contributed by atoms with E-state index in [2.05, 4.69) is 32.9 Å². The summed E-state index contributed by atoms with van der Waals surface area (Å²) in [6, 6.07) is 0. The fourth-order valence-corrected chi connectivity index (χ4v) is 0.601. The summed E-state index contributed by atoms with van der Waals surface area (Å²) >= 11 is 0. The molecule has 0 spiro atoms. The number of hydrogen-bond acceptors (Lipinski definition) is 1. The van der Waals surface area contributed by atoms with E-state index in [1.807, 2.05) is 0 Å². The Morgan fingerprint density at radius 1 is 1.20 bits per heavy atom. The minimum Gasteiger partial charge on any atom is -0.303 e. The standard InChI is InChI=1S/C9H16O/c1-9(2,3)7-5-4-6-8-10/h5,7-8H,4,6H2,1-3H3/b7-5-. The molecule has 0 bridgehead atoms. The van der Waals surface area contributed by atoms with Gasteiger partial charge in [0.2, 0.25) is 0 Å². The summed E-state index contributed by atoms with van der Waals surface area (Å²) in [5.74, 6) is 0. The lowest BCUT2D eigenvalue weighted by molar-refractivity contribution is -0.107. The number of allylic oxidation sites excluding steroid dienone is 2. The monoisotopic (exact) mass is 140 g/mol. The van der Waals surface area contributed by atoms with Crippen LogP contribution in [0.2, 0.25) is 0 Å². The SMILES string of the molecule is CC(C)(C)/C=C\CCC=O. The Hall–Kier alpha value is -0.590. The zero-order valence-corrected chi connectivity index (χ0v) is 7.05. The van der Waals surface area contributed by atoms with Gasteiger partial charge in [-0.05, 0) is 11.8 Å². The van der Waals surface area contributed by atoms with Gasteiger partial charge in [0.05, 0.1) is 0 Å². The predicted octanol–water partition coefficient (Wildman–Crippen LogP) is 2.57. The van der Waals surface area contributed by atoms with Gasteiger partial charge in [0.25, 0.3) is 0 Å². The molecule has 0 atom stereocenters. The first-order valence-electron chi connectivity index (χ1n) is 3.67. The van der Waals surface area contributed by atoms with Crippen LogP contribution in [-0.2, 0) is 4.79 Å². The lowest BCUT2D eigenvalue weighted by atomic mass is 9.96. The molecule has 0 aromatic carbocycles. The van der Waals surface area contributed by atoms with Crippen molar-refractivity contribution in [1.82, 2.24) is 0 Å². The van der Waals surface area contributed by atoms with Crippen molar-refractivity contribution in [2.45, 2.75) is 33.6 Å². The van der Waals surface area contributed by atoms with Gasteiger partial charge in [-0.2, -0.15) is 0 Å². The maximum Gasteiger partial charge on any atom is 0.120 e. The molecular formula is C9H16O. The highest BCUT2D eigenvalue weighted by Gasteiger charge is 2.01. The third-order valence-electron chi connectivity index (χ3n) is 1.07. The first-order chi connectivity index (χ1) is 4.56. The van der Waals surface area contributed by atoms with Crippen LogP contribution in [-0.4, -0.2) is 6.29 Å². The highest BCUT2D eigenvalue weighted by atomic mass is 16.1. The average Bonchev–Trinajstić information content (AvgIpc) is 1.78. The van der Waals surface area contributed by atoms with Gasteiger partial charge >= 0.3 is 0 Å². The normalized spacial score (nSPS) is 12.3. The van der Waals surface area contributed by atoms with Gasteiger partial charge in [-0.3, -0.25) is 0 Å². The Bertz CT molecular complexity index is 117. The van der Waals surface area contributed by atoms with Crippen LogP contribution in [0.25, 0.3) is 0 Å². The molecule has 58 valence electrons. The van der Waals surface area contributed by atoms with Gasteiger partial charge in [-0.15, -0.1) is 0 Å². The summed E-state index contributed by atoms with van der Waals surface area (Å²) in [5, 5.41) is 0. The molecule has 0 aliphatic carbocycles. The molecule has 1 heteroatoms. The van der Waals surface area contributed by atoms with Crippen LogP contribution in [0.15, 0.2) is 12.2 Å². The van der Waals surface area contributed by atoms with E-state index in [0.29, 0.717) is 6.42 Å². The minimum atomic E-state index is 0.253. The van der Waals surface area contributed by atoms with Crippen LogP contribution >= 0.6 is 0 Å². The van der Waals surface area contributed by atoms with Crippen molar-refractivity contribution >= 4 is 6.29 Å². The van der Waals surface area contributed by atoms with Crippen molar-refractivity contribution < 1.29 is 4.79 Å². The molecule has 0 heterocycles. The second kappa shape index (κ2) is 4.26. The molecule has 0 saturated heterocycles. The minimum absolute atomic E-state index is 0.253. The molecule has 10 heavy (non-hydrogen) atoms. The van der Waals surface area contributed by atoms with Crippen molar-refractivity contribution in [3.8, 4) is 0 Å². The Morgan fingerprint density at radius 3 is 2.20 bits per heavy atom. The molecule has 0 unspecified atom stereocenters. The van der Waals surface area contributed by atoms with E-state index in [-0.39, 0.29) is 5.41 Å². The van der Waals surface area contributed by atoms with E-state index in [4.69, 9.17) is 0 Å². The molecule has 0 aliphatic heterocycles. The van der Waals surface area contributed by atoms with Gasteiger partial charge in [0.1, 0.15) is 6.29 Å². The molecule has 0 amide bonds. The van der Waals surface area contributed by atoms with Crippen LogP contribution in [0.4, 0.5) is 0 Å². The molecule has 0 radical (unpaired) electrons. The van der Waals surface area contributed by atoms with E-state index in [1.54, 1.807) is 0 Å². The summed E-state index contributed by atoms with van der Waals surface area (Å²) in [6.07, 6.45) is 6.67. The summed E-state index contributed by atoms with van der Waals surface area (Å²) in [6.45, 7) is 6.43. The number of carbonyl (C=O) groups is 1. The third-order valence-corrected chi connectivity index (χ3v) is 1.07. The maximum absolute atomic E-state index is 9.90. The number of rotatable bonds is 3. The van der Waals surface area contributed by atoms with Crippen molar-refractivity contribution in [3.05, 3.63) is 12.2 Å². The zero-order valence-electron chi connectivity index (χ0n) is 7.05. The quantitative estimate of drug-likeness (QED) is 0.334. The largest absolute Gasteiger partial charge is 0.303 e. The molecule has 0 aromatic rings. The lowest BCUT2D eigenvalue weighted by Crippen LogP contribution is -1.97. The van der Waals surface area contributed by atoms with E-state index < -0.39 is 0 Å². The number of hydrogen-bond donors (Lipinski definition) is 0. The molecule has 0 fully saturated rings. The van der Waals surface area contributed by atoms with Crippen LogP contribution in [0.3, 0.4) is 0 Å². The van der Waals surface area contributed by atoms with Crippen molar-refractivity contribution in [1.29, 1.82) is 0 Å². The topological polar surface area (TPSA) is 17.1 Å².